The van der Waals surface area contributed by atoms with E-state index in [-0.39, 0.29) is 12.6 Å². The number of nitrogens with zero attached hydrogens (tertiary/aromatic N) is 1. The van der Waals surface area contributed by atoms with Crippen LogP contribution in [-0.2, 0) is 0 Å². The fourth-order valence-corrected chi connectivity index (χ4v) is 1.87. The lowest BCUT2D eigenvalue weighted by atomic mass is 10.0. The number of benzene rings is 1. The molecule has 0 radical (unpaired) electrons. The van der Waals surface area contributed by atoms with Gasteiger partial charge in [0.2, 0.25) is 0 Å². The number of aliphatic hydroxyl groups excluding tert-OH is 1. The Hall–Kier alpha value is -1.12. The summed E-state index contributed by atoms with van der Waals surface area (Å²) < 4.78 is 0.726. The topological polar surface area (TPSA) is 20.2 Å². The second-order valence-corrected chi connectivity index (χ2v) is 4.32. The monoisotopic (exact) mass is 206 g/mol. The first kappa shape index (κ1) is 12.0. The van der Waals surface area contributed by atoms with Gasteiger partial charge in [0.25, 0.3) is 0 Å². The second kappa shape index (κ2) is 5.10. The number of quaternary nitrogens is 1. The highest BCUT2D eigenvalue weighted by molar-refractivity contribution is 5.20. The molecule has 0 aliphatic heterocycles. The van der Waals surface area contributed by atoms with Crippen molar-refractivity contribution in [2.45, 2.75) is 6.04 Å². The average molecular weight is 206 g/mol. The number of likely N-dealkylation sites (N-methyl/N-ethyl adjacent to an activating group) is 1. The number of rotatable bonds is 5. The third-order valence-electron chi connectivity index (χ3n) is 2.79. The van der Waals surface area contributed by atoms with Crippen LogP contribution in [-0.4, -0.2) is 36.8 Å². The van der Waals surface area contributed by atoms with E-state index in [1.807, 2.05) is 24.3 Å². The fourth-order valence-electron chi connectivity index (χ4n) is 1.87. The lowest BCUT2D eigenvalue weighted by Crippen LogP contribution is -2.44. The first-order chi connectivity index (χ1) is 7.11. The van der Waals surface area contributed by atoms with E-state index in [4.69, 9.17) is 5.11 Å². The van der Waals surface area contributed by atoms with E-state index in [0.717, 1.165) is 11.0 Å². The molecule has 1 unspecified atom stereocenters. The molecule has 0 fully saturated rings. The van der Waals surface area contributed by atoms with Crippen molar-refractivity contribution in [2.75, 3.05) is 27.2 Å². The summed E-state index contributed by atoms with van der Waals surface area (Å²) in [5.41, 5.74) is 1.24. The summed E-state index contributed by atoms with van der Waals surface area (Å²) in [7, 11) is 4.21. The maximum atomic E-state index is 9.04. The zero-order chi connectivity index (χ0) is 11.3. The van der Waals surface area contributed by atoms with Gasteiger partial charge in [0.1, 0.15) is 12.6 Å². The molecule has 1 aromatic carbocycles. The van der Waals surface area contributed by atoms with Crippen molar-refractivity contribution in [3.63, 3.8) is 0 Å². The molecular formula is C13H20NO+. The van der Waals surface area contributed by atoms with Crippen LogP contribution in [0.2, 0.25) is 0 Å². The predicted octanol–water partition coefficient (Wildman–Crippen LogP) is 1.98. The van der Waals surface area contributed by atoms with E-state index in [0.29, 0.717) is 0 Å². The van der Waals surface area contributed by atoms with Gasteiger partial charge in [-0.25, -0.2) is 0 Å². The van der Waals surface area contributed by atoms with Gasteiger partial charge in [-0.15, -0.1) is 0 Å². The van der Waals surface area contributed by atoms with Crippen molar-refractivity contribution < 1.29 is 9.59 Å². The lowest BCUT2D eigenvalue weighted by molar-refractivity contribution is -0.914. The van der Waals surface area contributed by atoms with Gasteiger partial charge in [0.15, 0.2) is 0 Å². The highest BCUT2D eigenvalue weighted by Gasteiger charge is 2.26. The Morgan fingerprint density at radius 2 is 1.93 bits per heavy atom. The number of aliphatic hydroxyl groups is 1. The highest BCUT2D eigenvalue weighted by atomic mass is 16.3. The number of hydrogen-bond acceptors (Lipinski definition) is 1. The minimum atomic E-state index is 0.199. The van der Waals surface area contributed by atoms with Gasteiger partial charge in [-0.1, -0.05) is 36.9 Å². The van der Waals surface area contributed by atoms with Crippen molar-refractivity contribution in [1.29, 1.82) is 0 Å². The molecule has 82 valence electrons. The lowest BCUT2D eigenvalue weighted by Gasteiger charge is -2.36. The van der Waals surface area contributed by atoms with Gasteiger partial charge < -0.3 is 9.59 Å². The van der Waals surface area contributed by atoms with Crippen molar-refractivity contribution in [2.24, 2.45) is 0 Å². The zero-order valence-electron chi connectivity index (χ0n) is 9.56. The molecule has 0 saturated heterocycles. The van der Waals surface area contributed by atoms with Gasteiger partial charge in [0.05, 0.1) is 20.7 Å². The normalized spacial score (nSPS) is 13.5. The Balaban J connectivity index is 2.94. The summed E-state index contributed by atoms with van der Waals surface area (Å²) in [5, 5.41) is 9.04. The predicted molar refractivity (Wildman–Crippen MR) is 63.4 cm³/mol. The second-order valence-electron chi connectivity index (χ2n) is 4.32. The molecule has 0 amide bonds. The van der Waals surface area contributed by atoms with Crippen LogP contribution in [0.5, 0.6) is 0 Å². The Morgan fingerprint density at radius 3 is 2.40 bits per heavy atom. The molecule has 1 atom stereocenters. The molecular weight excluding hydrogens is 186 g/mol. The minimum absolute atomic E-state index is 0.199. The standard InChI is InChI=1S/C13H20NO/c1-4-13(14(2,3)10-11-15)12-8-6-5-7-9-12/h4-9,13,15H,1,10-11H2,2-3H3/q+1. The summed E-state index contributed by atoms with van der Waals surface area (Å²) in [4.78, 5) is 0. The van der Waals surface area contributed by atoms with E-state index < -0.39 is 0 Å². The molecule has 1 rings (SSSR count). The Morgan fingerprint density at radius 1 is 1.33 bits per heavy atom. The van der Waals surface area contributed by atoms with Crippen LogP contribution >= 0.6 is 0 Å². The van der Waals surface area contributed by atoms with Crippen LogP contribution in [0.3, 0.4) is 0 Å². The van der Waals surface area contributed by atoms with Crippen LogP contribution in [0.15, 0.2) is 43.0 Å². The maximum Gasteiger partial charge on any atom is 0.133 e. The molecule has 0 heterocycles. The van der Waals surface area contributed by atoms with E-state index >= 15 is 0 Å². The van der Waals surface area contributed by atoms with Crippen molar-refractivity contribution in [3.05, 3.63) is 48.6 Å². The largest absolute Gasteiger partial charge is 0.391 e. The van der Waals surface area contributed by atoms with Crippen LogP contribution in [0.4, 0.5) is 0 Å². The first-order valence-electron chi connectivity index (χ1n) is 5.23. The molecule has 1 aromatic rings. The quantitative estimate of drug-likeness (QED) is 0.577. The molecule has 0 aliphatic rings. The van der Waals surface area contributed by atoms with Crippen LogP contribution in [0.25, 0.3) is 0 Å². The van der Waals surface area contributed by atoms with Crippen LogP contribution in [0, 0.1) is 0 Å². The maximum absolute atomic E-state index is 9.04. The summed E-state index contributed by atoms with van der Waals surface area (Å²) >= 11 is 0. The molecule has 0 spiro atoms. The van der Waals surface area contributed by atoms with E-state index in [1.165, 1.54) is 5.56 Å². The molecule has 15 heavy (non-hydrogen) atoms. The Bertz CT molecular complexity index is 306. The molecule has 0 aromatic heterocycles. The highest BCUT2D eigenvalue weighted by Crippen LogP contribution is 2.25. The third-order valence-corrected chi connectivity index (χ3v) is 2.79. The first-order valence-corrected chi connectivity index (χ1v) is 5.23. The van der Waals surface area contributed by atoms with Gasteiger partial charge >= 0.3 is 0 Å². The molecule has 1 N–H and O–H groups in total. The van der Waals surface area contributed by atoms with Crippen LogP contribution < -0.4 is 0 Å². The third kappa shape index (κ3) is 2.91. The van der Waals surface area contributed by atoms with Gasteiger partial charge in [-0.05, 0) is 6.08 Å². The molecule has 0 aliphatic carbocycles. The summed E-state index contributed by atoms with van der Waals surface area (Å²) in [6, 6.07) is 10.5. The van der Waals surface area contributed by atoms with E-state index in [1.54, 1.807) is 0 Å². The van der Waals surface area contributed by atoms with E-state index in [2.05, 4.69) is 32.8 Å². The molecule has 2 heteroatoms. The molecule has 2 nitrogen and oxygen atoms in total. The van der Waals surface area contributed by atoms with Crippen molar-refractivity contribution >= 4 is 0 Å². The van der Waals surface area contributed by atoms with Gasteiger partial charge in [-0.3, -0.25) is 0 Å². The Labute approximate surface area is 92.1 Å². The smallest absolute Gasteiger partial charge is 0.133 e. The van der Waals surface area contributed by atoms with E-state index in [9.17, 15) is 0 Å². The summed E-state index contributed by atoms with van der Waals surface area (Å²) in [6.45, 7) is 4.82. The van der Waals surface area contributed by atoms with Gasteiger partial charge in [0, 0.05) is 5.56 Å². The molecule has 0 bridgehead atoms. The fraction of sp³-hybridized carbons (Fsp3) is 0.385. The van der Waals surface area contributed by atoms with Crippen molar-refractivity contribution in [1.82, 2.24) is 0 Å². The number of hydrogen-bond donors (Lipinski definition) is 1. The zero-order valence-corrected chi connectivity index (χ0v) is 9.56. The van der Waals surface area contributed by atoms with Crippen LogP contribution in [0.1, 0.15) is 11.6 Å². The SMILES string of the molecule is C=CC(c1ccccc1)[N+](C)(C)CCO. The summed E-state index contributed by atoms with van der Waals surface area (Å²) in [5.74, 6) is 0. The summed E-state index contributed by atoms with van der Waals surface area (Å²) in [6.07, 6.45) is 1.95. The minimum Gasteiger partial charge on any atom is -0.391 e. The Kier molecular flexibility index (Phi) is 4.06. The van der Waals surface area contributed by atoms with Gasteiger partial charge in [-0.2, -0.15) is 0 Å². The average Bonchev–Trinajstić information content (AvgIpc) is 2.19. The molecule has 0 saturated carbocycles. The van der Waals surface area contributed by atoms with Crippen molar-refractivity contribution in [3.8, 4) is 0 Å².